The third-order valence-electron chi connectivity index (χ3n) is 16.7. The van der Waals surface area contributed by atoms with E-state index in [-0.39, 0.29) is 10.8 Å². The van der Waals surface area contributed by atoms with Gasteiger partial charge in [-0.1, -0.05) is 211 Å². The van der Waals surface area contributed by atoms with Gasteiger partial charge in [-0.3, -0.25) is 0 Å². The van der Waals surface area contributed by atoms with Gasteiger partial charge in [-0.25, -0.2) is 0 Å². The van der Waals surface area contributed by atoms with Crippen molar-refractivity contribution in [2.75, 3.05) is 4.90 Å². The topological polar surface area (TPSA) is 3.24 Å². The first-order valence-corrected chi connectivity index (χ1v) is 25.0. The van der Waals surface area contributed by atoms with Gasteiger partial charge in [0, 0.05) is 27.9 Å². The smallest absolute Gasteiger partial charge is 0.0714 e. The molecule has 1 fully saturated rings. The second-order valence-electron chi connectivity index (χ2n) is 21.0. The van der Waals surface area contributed by atoms with Crippen LogP contribution in [0.5, 0.6) is 0 Å². The van der Waals surface area contributed by atoms with Gasteiger partial charge < -0.3 is 4.90 Å². The lowest BCUT2D eigenvalue weighted by Gasteiger charge is -2.35. The Morgan fingerprint density at radius 2 is 0.838 bits per heavy atom. The van der Waals surface area contributed by atoms with Crippen LogP contribution in [-0.2, 0) is 16.2 Å². The highest BCUT2D eigenvalue weighted by Gasteiger charge is 2.47. The third-order valence-corrected chi connectivity index (χ3v) is 16.7. The summed E-state index contributed by atoms with van der Waals surface area (Å²) in [6, 6.07) is 78.9. The first kappa shape index (κ1) is 41.0. The number of nitrogens with zero attached hydrogens (tertiary/aromatic N) is 1. The first-order chi connectivity index (χ1) is 33.2. The normalized spacial score (nSPS) is 16.5. The first-order valence-electron chi connectivity index (χ1n) is 25.0. The maximum Gasteiger partial charge on any atom is 0.0714 e. The summed E-state index contributed by atoms with van der Waals surface area (Å²) in [6.45, 7) is 9.66. The predicted molar refractivity (Wildman–Crippen MR) is 285 cm³/mol. The Balaban J connectivity index is 0.974. The van der Waals surface area contributed by atoms with Crippen molar-refractivity contribution in [3.8, 4) is 44.5 Å². The number of hydrogen-bond donors (Lipinski definition) is 0. The molecular formula is C67H57N. The summed E-state index contributed by atoms with van der Waals surface area (Å²) >= 11 is 0. The van der Waals surface area contributed by atoms with Gasteiger partial charge >= 0.3 is 0 Å². The molecule has 0 aromatic heterocycles. The monoisotopic (exact) mass is 875 g/mol. The molecule has 1 nitrogen and oxygen atoms in total. The fourth-order valence-electron chi connectivity index (χ4n) is 13.5. The van der Waals surface area contributed by atoms with Crippen LogP contribution in [0.2, 0.25) is 0 Å². The lowest BCUT2D eigenvalue weighted by Crippen LogP contribution is -2.28. The molecule has 9 aromatic carbocycles. The highest BCUT2D eigenvalue weighted by molar-refractivity contribution is 5.93. The van der Waals surface area contributed by atoms with Gasteiger partial charge in [0.2, 0.25) is 0 Å². The Hall–Kier alpha value is -7.22. The van der Waals surface area contributed by atoms with Crippen LogP contribution < -0.4 is 4.90 Å². The van der Waals surface area contributed by atoms with Gasteiger partial charge in [-0.2, -0.15) is 0 Å². The molecule has 0 spiro atoms. The maximum atomic E-state index is 2.54. The van der Waals surface area contributed by atoms with Crippen molar-refractivity contribution in [1.29, 1.82) is 0 Å². The molecule has 0 atom stereocenters. The molecule has 0 radical (unpaired) electrons. The van der Waals surface area contributed by atoms with E-state index >= 15 is 0 Å². The molecule has 4 aliphatic carbocycles. The van der Waals surface area contributed by atoms with E-state index in [1.807, 2.05) is 0 Å². The average molecular weight is 876 g/mol. The molecule has 0 aliphatic heterocycles. The van der Waals surface area contributed by atoms with Crippen molar-refractivity contribution in [2.24, 2.45) is 0 Å². The molecule has 13 rings (SSSR count). The number of hydrogen-bond acceptors (Lipinski definition) is 1. The van der Waals surface area contributed by atoms with E-state index in [1.165, 1.54) is 138 Å². The Bertz CT molecular complexity index is 3380. The predicted octanol–water partition coefficient (Wildman–Crippen LogP) is 17.8. The summed E-state index contributed by atoms with van der Waals surface area (Å²) in [5, 5.41) is 0. The molecule has 0 unspecified atom stereocenters. The van der Waals surface area contributed by atoms with Gasteiger partial charge in [0.15, 0.2) is 0 Å². The summed E-state index contributed by atoms with van der Waals surface area (Å²) < 4.78 is 0. The van der Waals surface area contributed by atoms with Gasteiger partial charge in [0.25, 0.3) is 0 Å². The van der Waals surface area contributed by atoms with Crippen LogP contribution in [0.4, 0.5) is 17.1 Å². The molecule has 68 heavy (non-hydrogen) atoms. The number of benzene rings is 9. The summed E-state index contributed by atoms with van der Waals surface area (Å²) in [7, 11) is 0. The van der Waals surface area contributed by atoms with Gasteiger partial charge in [-0.05, 0) is 156 Å². The third kappa shape index (κ3) is 5.94. The van der Waals surface area contributed by atoms with Crippen LogP contribution in [0, 0.1) is 0 Å². The molecule has 0 saturated heterocycles. The average Bonchev–Trinajstić information content (AvgIpc) is 3.91. The van der Waals surface area contributed by atoms with Crippen LogP contribution >= 0.6 is 0 Å². The van der Waals surface area contributed by atoms with Gasteiger partial charge in [-0.15, -0.1) is 0 Å². The minimum Gasteiger partial charge on any atom is -0.310 e. The van der Waals surface area contributed by atoms with Crippen molar-refractivity contribution in [2.45, 2.75) is 82.0 Å². The van der Waals surface area contributed by atoms with E-state index in [2.05, 4.69) is 239 Å². The SMILES string of the molecule is CC1(C)c2ccccc2-c2ccc(-c3cccc4c3C(C)(C)c3cc(N(c5ccc(C6CCCCC6)cc5)c5ccc6c(c5)C(c5ccccc5)(c5ccccc5)c5ccccc5-6)ccc3-4)cc21. The molecule has 330 valence electrons. The van der Waals surface area contributed by atoms with E-state index in [9.17, 15) is 0 Å². The van der Waals surface area contributed by atoms with Crippen molar-refractivity contribution in [1.82, 2.24) is 0 Å². The molecule has 1 saturated carbocycles. The fraction of sp³-hybridized carbons (Fsp3) is 0.194. The van der Waals surface area contributed by atoms with Crippen LogP contribution in [0.3, 0.4) is 0 Å². The zero-order valence-corrected chi connectivity index (χ0v) is 39.7. The van der Waals surface area contributed by atoms with Gasteiger partial charge in [0.1, 0.15) is 0 Å². The summed E-state index contributed by atoms with van der Waals surface area (Å²) in [6.07, 6.45) is 6.59. The van der Waals surface area contributed by atoms with Crippen molar-refractivity contribution in [3.05, 3.63) is 256 Å². The van der Waals surface area contributed by atoms with Crippen molar-refractivity contribution >= 4 is 17.1 Å². The molecule has 9 aromatic rings. The molecular weight excluding hydrogens is 819 g/mol. The van der Waals surface area contributed by atoms with Crippen LogP contribution in [0.15, 0.2) is 206 Å². The highest BCUT2D eigenvalue weighted by Crippen LogP contribution is 2.59. The Kier molecular flexibility index (Phi) is 9.29. The lowest BCUT2D eigenvalue weighted by atomic mass is 9.67. The van der Waals surface area contributed by atoms with Crippen molar-refractivity contribution < 1.29 is 0 Å². The largest absolute Gasteiger partial charge is 0.310 e. The van der Waals surface area contributed by atoms with Gasteiger partial charge in [0.05, 0.1) is 5.41 Å². The van der Waals surface area contributed by atoms with E-state index in [1.54, 1.807) is 0 Å². The van der Waals surface area contributed by atoms with E-state index < -0.39 is 5.41 Å². The molecule has 0 N–H and O–H groups in total. The number of anilines is 3. The molecule has 1 heteroatoms. The molecule has 4 aliphatic rings. The molecule has 0 bridgehead atoms. The van der Waals surface area contributed by atoms with E-state index in [4.69, 9.17) is 0 Å². The fourth-order valence-corrected chi connectivity index (χ4v) is 13.5. The second kappa shape index (κ2) is 15.4. The van der Waals surface area contributed by atoms with E-state index in [0.717, 1.165) is 5.69 Å². The van der Waals surface area contributed by atoms with Crippen molar-refractivity contribution in [3.63, 3.8) is 0 Å². The second-order valence-corrected chi connectivity index (χ2v) is 21.0. The Morgan fingerprint density at radius 3 is 1.51 bits per heavy atom. The lowest BCUT2D eigenvalue weighted by molar-refractivity contribution is 0.443. The standard InChI is InChI=1S/C67H57N/c1-65(2)59-29-16-14-25-53(59)55-38-33-46(41-61(55)65)52-27-18-28-58-57-40-37-50(42-62(57)66(3,4)64(52)58)68(49-34-31-45(32-35-49)44-19-8-5-9-20-44)51-36-39-56-54-26-15-17-30-60(54)67(63(56)43-51,47-21-10-6-11-22-47)48-23-12-7-13-24-48/h6-7,10-18,21-44H,5,8-9,19-20H2,1-4H3. The minimum absolute atomic E-state index is 0.0620. The number of fused-ring (bicyclic) bond motifs is 9. The van der Waals surface area contributed by atoms with Crippen LogP contribution in [0.1, 0.15) is 116 Å². The number of rotatable bonds is 7. The zero-order chi connectivity index (χ0) is 45.8. The van der Waals surface area contributed by atoms with E-state index in [0.29, 0.717) is 5.92 Å². The maximum absolute atomic E-state index is 2.54. The molecule has 0 heterocycles. The van der Waals surface area contributed by atoms with Crippen LogP contribution in [-0.4, -0.2) is 0 Å². The minimum atomic E-state index is -0.492. The Labute approximate surface area is 402 Å². The Morgan fingerprint density at radius 1 is 0.353 bits per heavy atom. The highest BCUT2D eigenvalue weighted by atomic mass is 15.1. The molecule has 0 amide bonds. The summed E-state index contributed by atoms with van der Waals surface area (Å²) in [5.74, 6) is 0.641. The quantitative estimate of drug-likeness (QED) is 0.154. The summed E-state index contributed by atoms with van der Waals surface area (Å²) in [5.41, 5.74) is 25.6. The zero-order valence-electron chi connectivity index (χ0n) is 39.7. The van der Waals surface area contributed by atoms with Crippen LogP contribution in [0.25, 0.3) is 44.5 Å². The summed E-state index contributed by atoms with van der Waals surface area (Å²) in [4.78, 5) is 2.54.